The van der Waals surface area contributed by atoms with Crippen LogP contribution in [0.1, 0.15) is 49.0 Å². The number of nitrogens with one attached hydrogen (secondary N) is 1. The molecule has 0 amide bonds. The summed E-state index contributed by atoms with van der Waals surface area (Å²) in [6, 6.07) is 1.11. The molecule has 18 heavy (non-hydrogen) atoms. The van der Waals surface area contributed by atoms with Gasteiger partial charge in [0.2, 0.25) is 0 Å². The minimum absolute atomic E-state index is 0.534. The lowest BCUT2D eigenvalue weighted by atomic mass is 10.0. The second-order valence-corrected chi connectivity index (χ2v) is 6.35. The Morgan fingerprint density at radius 1 is 1.56 bits per heavy atom. The number of hydrogen-bond acceptors (Lipinski definition) is 4. The zero-order valence-corrected chi connectivity index (χ0v) is 12.6. The van der Waals surface area contributed by atoms with E-state index in [4.69, 9.17) is 0 Å². The Labute approximate surface area is 115 Å². The molecule has 2 unspecified atom stereocenters. The van der Waals surface area contributed by atoms with E-state index in [9.17, 15) is 0 Å². The van der Waals surface area contributed by atoms with Gasteiger partial charge in [-0.15, -0.1) is 11.3 Å². The second kappa shape index (κ2) is 6.64. The minimum Gasteiger partial charge on any atom is -0.317 e. The first kappa shape index (κ1) is 14.0. The number of hydrogen-bond donors (Lipinski definition) is 1. The summed E-state index contributed by atoms with van der Waals surface area (Å²) in [5, 5.41) is 4.62. The average Bonchev–Trinajstić information content (AvgIpc) is 2.86. The van der Waals surface area contributed by atoms with Crippen LogP contribution >= 0.6 is 11.3 Å². The molecule has 0 bridgehead atoms. The van der Waals surface area contributed by atoms with Gasteiger partial charge in [0.1, 0.15) is 5.01 Å². The largest absolute Gasteiger partial charge is 0.317 e. The van der Waals surface area contributed by atoms with Gasteiger partial charge < -0.3 is 5.32 Å². The summed E-state index contributed by atoms with van der Waals surface area (Å²) in [5.41, 5.74) is 0. The number of aromatic nitrogens is 1. The quantitative estimate of drug-likeness (QED) is 0.889. The maximum atomic E-state index is 4.67. The fraction of sp³-hybridized carbons (Fsp3) is 0.786. The Morgan fingerprint density at radius 2 is 2.39 bits per heavy atom. The zero-order chi connectivity index (χ0) is 13.0. The van der Waals surface area contributed by atoms with E-state index in [1.807, 2.05) is 18.4 Å². The second-order valence-electron chi connectivity index (χ2n) is 5.20. The number of rotatable bonds is 5. The van der Waals surface area contributed by atoms with Gasteiger partial charge in [-0.2, -0.15) is 0 Å². The summed E-state index contributed by atoms with van der Waals surface area (Å²) in [5.74, 6) is 0. The van der Waals surface area contributed by atoms with Crippen LogP contribution in [0.5, 0.6) is 0 Å². The molecule has 0 aromatic carbocycles. The molecule has 0 saturated carbocycles. The predicted molar refractivity (Wildman–Crippen MR) is 78.2 cm³/mol. The van der Waals surface area contributed by atoms with Gasteiger partial charge >= 0.3 is 0 Å². The molecular weight excluding hydrogens is 242 g/mol. The highest BCUT2D eigenvalue weighted by Gasteiger charge is 2.25. The molecule has 2 heterocycles. The lowest BCUT2D eigenvalue weighted by Crippen LogP contribution is -2.33. The molecule has 1 N–H and O–H groups in total. The minimum atomic E-state index is 0.534. The van der Waals surface area contributed by atoms with Crippen LogP contribution < -0.4 is 5.32 Å². The van der Waals surface area contributed by atoms with E-state index in [1.54, 1.807) is 0 Å². The van der Waals surface area contributed by atoms with Crippen molar-refractivity contribution in [3.05, 3.63) is 16.1 Å². The molecule has 3 nitrogen and oxygen atoms in total. The Bertz CT molecular complexity index is 364. The summed E-state index contributed by atoms with van der Waals surface area (Å²) in [6.45, 7) is 6.86. The molecule has 1 aromatic rings. The number of thiazole rings is 1. The maximum absolute atomic E-state index is 4.67. The van der Waals surface area contributed by atoms with Crippen molar-refractivity contribution in [3.8, 4) is 0 Å². The maximum Gasteiger partial charge on any atom is 0.110 e. The molecule has 102 valence electrons. The van der Waals surface area contributed by atoms with E-state index in [-0.39, 0.29) is 0 Å². The van der Waals surface area contributed by atoms with Crippen LogP contribution in [-0.4, -0.2) is 36.1 Å². The molecule has 1 fully saturated rings. The summed E-state index contributed by atoms with van der Waals surface area (Å²) in [4.78, 5) is 8.66. The standard InChI is InChI=1S/C14H25N3S/c1-4-17-8-6-5-7-13(17)14-16-10-12(18-14)9-11(2)15-3/h10-11,13,15H,4-9H2,1-3H3. The highest BCUT2D eigenvalue weighted by Crippen LogP contribution is 2.33. The predicted octanol–water partition coefficient (Wildman–Crippen LogP) is 2.84. The van der Waals surface area contributed by atoms with Crippen molar-refractivity contribution < 1.29 is 0 Å². The van der Waals surface area contributed by atoms with Crippen molar-refractivity contribution in [1.29, 1.82) is 0 Å². The molecule has 1 aliphatic heterocycles. The van der Waals surface area contributed by atoms with Gasteiger partial charge in [0.25, 0.3) is 0 Å². The summed E-state index contributed by atoms with van der Waals surface area (Å²) in [6.07, 6.45) is 7.15. The molecule has 0 radical (unpaired) electrons. The first-order chi connectivity index (χ1) is 8.74. The molecular formula is C14H25N3S. The van der Waals surface area contributed by atoms with Crippen molar-refractivity contribution in [2.45, 2.75) is 51.6 Å². The van der Waals surface area contributed by atoms with E-state index in [1.165, 1.54) is 35.7 Å². The average molecular weight is 267 g/mol. The molecule has 1 aliphatic rings. The van der Waals surface area contributed by atoms with E-state index in [0.29, 0.717) is 12.1 Å². The number of nitrogens with zero attached hydrogens (tertiary/aromatic N) is 2. The van der Waals surface area contributed by atoms with Gasteiger partial charge in [-0.05, 0) is 46.3 Å². The Kier molecular flexibility index (Phi) is 5.15. The van der Waals surface area contributed by atoms with Crippen molar-refractivity contribution in [3.63, 3.8) is 0 Å². The first-order valence-electron chi connectivity index (χ1n) is 7.10. The SMILES string of the molecule is CCN1CCCCC1c1ncc(CC(C)NC)s1. The molecule has 2 rings (SSSR count). The Morgan fingerprint density at radius 3 is 3.11 bits per heavy atom. The van der Waals surface area contributed by atoms with Crippen LogP contribution in [0.2, 0.25) is 0 Å². The van der Waals surface area contributed by atoms with Crippen LogP contribution in [-0.2, 0) is 6.42 Å². The molecule has 1 saturated heterocycles. The topological polar surface area (TPSA) is 28.2 Å². The lowest BCUT2D eigenvalue weighted by molar-refractivity contribution is 0.157. The first-order valence-corrected chi connectivity index (χ1v) is 7.92. The van der Waals surface area contributed by atoms with E-state index < -0.39 is 0 Å². The smallest absolute Gasteiger partial charge is 0.110 e. The number of likely N-dealkylation sites (N-methyl/N-ethyl adjacent to an activating group) is 1. The van der Waals surface area contributed by atoms with Gasteiger partial charge in [0.15, 0.2) is 0 Å². The number of piperidine rings is 1. The normalized spacial score (nSPS) is 23.2. The van der Waals surface area contributed by atoms with Crippen molar-refractivity contribution in [2.24, 2.45) is 0 Å². The van der Waals surface area contributed by atoms with Crippen LogP contribution in [0, 0.1) is 0 Å². The van der Waals surface area contributed by atoms with Crippen molar-refractivity contribution in [1.82, 2.24) is 15.2 Å². The summed E-state index contributed by atoms with van der Waals surface area (Å²) >= 11 is 1.91. The third-order valence-electron chi connectivity index (χ3n) is 3.88. The van der Waals surface area contributed by atoms with Gasteiger partial charge in [0, 0.05) is 17.1 Å². The number of likely N-dealkylation sites (tertiary alicyclic amines) is 1. The van der Waals surface area contributed by atoms with Crippen LogP contribution in [0.4, 0.5) is 0 Å². The van der Waals surface area contributed by atoms with Crippen LogP contribution in [0.25, 0.3) is 0 Å². The highest BCUT2D eigenvalue weighted by atomic mass is 32.1. The van der Waals surface area contributed by atoms with Crippen molar-refractivity contribution in [2.75, 3.05) is 20.1 Å². The fourth-order valence-electron chi connectivity index (χ4n) is 2.62. The molecule has 1 aromatic heterocycles. The fourth-order valence-corrected chi connectivity index (χ4v) is 3.84. The van der Waals surface area contributed by atoms with E-state index in [0.717, 1.165) is 13.0 Å². The van der Waals surface area contributed by atoms with Gasteiger partial charge in [-0.1, -0.05) is 13.3 Å². The van der Waals surface area contributed by atoms with Crippen LogP contribution in [0.3, 0.4) is 0 Å². The molecule has 0 spiro atoms. The zero-order valence-electron chi connectivity index (χ0n) is 11.8. The lowest BCUT2D eigenvalue weighted by Gasteiger charge is -2.33. The van der Waals surface area contributed by atoms with Crippen molar-refractivity contribution >= 4 is 11.3 Å². The Balaban J connectivity index is 2.03. The van der Waals surface area contributed by atoms with Gasteiger partial charge in [0.05, 0.1) is 6.04 Å². The third kappa shape index (κ3) is 3.31. The monoisotopic (exact) mass is 267 g/mol. The highest BCUT2D eigenvalue weighted by molar-refractivity contribution is 7.11. The molecule has 0 aliphatic carbocycles. The summed E-state index contributed by atoms with van der Waals surface area (Å²) < 4.78 is 0. The van der Waals surface area contributed by atoms with Crippen LogP contribution in [0.15, 0.2) is 6.20 Å². The van der Waals surface area contributed by atoms with E-state index >= 15 is 0 Å². The van der Waals surface area contributed by atoms with Gasteiger partial charge in [-0.3, -0.25) is 4.90 Å². The van der Waals surface area contributed by atoms with Gasteiger partial charge in [-0.25, -0.2) is 4.98 Å². The Hall–Kier alpha value is -0.450. The molecule has 2 atom stereocenters. The van der Waals surface area contributed by atoms with E-state index in [2.05, 4.69) is 35.2 Å². The third-order valence-corrected chi connectivity index (χ3v) is 5.00. The summed E-state index contributed by atoms with van der Waals surface area (Å²) in [7, 11) is 2.02. The molecule has 4 heteroatoms.